The molecular weight excluding hydrogens is 483 g/mol. The van der Waals surface area contributed by atoms with Crippen LogP contribution < -0.4 is 10.6 Å². The highest BCUT2D eigenvalue weighted by Gasteiger charge is 2.34. The zero-order chi connectivity index (χ0) is 18.8. The molecule has 0 unspecified atom stereocenters. The summed E-state index contributed by atoms with van der Waals surface area (Å²) in [4.78, 5) is 6.50. The number of aryl methyl sites for hydroxylation is 1. The van der Waals surface area contributed by atoms with Crippen LogP contribution >= 0.6 is 35.3 Å². The van der Waals surface area contributed by atoms with Crippen molar-refractivity contribution in [3.63, 3.8) is 0 Å². The Kier molecular flexibility index (Phi) is 10.3. The molecule has 0 atom stereocenters. The number of nitrogens with zero attached hydrogens (tertiary/aromatic N) is 4. The molecule has 1 saturated carbocycles. The van der Waals surface area contributed by atoms with Crippen LogP contribution in [-0.4, -0.2) is 40.4 Å². The molecule has 1 aliphatic rings. The van der Waals surface area contributed by atoms with E-state index in [9.17, 15) is 0 Å². The summed E-state index contributed by atoms with van der Waals surface area (Å²) < 4.78 is 2.02. The molecule has 0 amide bonds. The van der Waals surface area contributed by atoms with E-state index in [-0.39, 0.29) is 29.4 Å². The number of hydrogen-bond donors (Lipinski definition) is 2. The molecule has 0 aromatic carbocycles. The van der Waals surface area contributed by atoms with Gasteiger partial charge in [-0.15, -0.1) is 45.5 Å². The van der Waals surface area contributed by atoms with Crippen molar-refractivity contribution in [3.05, 3.63) is 35.0 Å². The van der Waals surface area contributed by atoms with E-state index in [0.717, 1.165) is 45.0 Å². The summed E-state index contributed by atoms with van der Waals surface area (Å²) in [6.07, 6.45) is 12.3. The number of nitrogens with one attached hydrogen (secondary N) is 2. The zero-order valence-electron chi connectivity index (χ0n) is 16.8. The summed E-state index contributed by atoms with van der Waals surface area (Å²) in [5.41, 5.74) is 0.239. The van der Waals surface area contributed by atoms with Crippen LogP contribution in [0.3, 0.4) is 0 Å². The second-order valence-corrected chi connectivity index (χ2v) is 8.29. The summed E-state index contributed by atoms with van der Waals surface area (Å²) in [6, 6.07) is 4.48. The van der Waals surface area contributed by atoms with Crippen LogP contribution in [0, 0.1) is 0 Å². The number of thiophene rings is 1. The van der Waals surface area contributed by atoms with Crippen molar-refractivity contribution >= 4 is 41.3 Å². The fraction of sp³-hybridized carbons (Fsp3) is 0.650. The topological polar surface area (TPSA) is 67.1 Å². The van der Waals surface area contributed by atoms with Gasteiger partial charge >= 0.3 is 0 Å². The molecule has 3 rings (SSSR count). The fourth-order valence-corrected chi connectivity index (χ4v) is 4.81. The first-order valence-electron chi connectivity index (χ1n) is 10.2. The van der Waals surface area contributed by atoms with E-state index in [2.05, 4.69) is 45.3 Å². The van der Waals surface area contributed by atoms with Gasteiger partial charge in [0.25, 0.3) is 0 Å². The average Bonchev–Trinajstić information content (AvgIpc) is 3.41. The third-order valence-electron chi connectivity index (χ3n) is 5.34. The van der Waals surface area contributed by atoms with E-state index in [1.54, 1.807) is 12.7 Å². The Bertz CT molecular complexity index is 665. The minimum absolute atomic E-state index is 0. The van der Waals surface area contributed by atoms with Crippen molar-refractivity contribution in [1.82, 2.24) is 25.4 Å². The van der Waals surface area contributed by atoms with Gasteiger partial charge in [-0.2, -0.15) is 0 Å². The van der Waals surface area contributed by atoms with Crippen LogP contribution in [0.4, 0.5) is 0 Å². The maximum Gasteiger partial charge on any atom is 0.191 e. The highest BCUT2D eigenvalue weighted by Crippen LogP contribution is 2.41. The number of guanidine groups is 1. The standard InChI is InChI=1S/C20H32N6S.HI/c1-2-21-19(22-12-6-7-13-26-16-24-25-17-26)23-15-20(10-4-3-5-11-20)18-9-8-14-27-18;/h8-9,14,16-17H,2-7,10-13,15H2,1H3,(H2,21,22,23);1H. The van der Waals surface area contributed by atoms with Gasteiger partial charge < -0.3 is 15.2 Å². The number of aromatic nitrogens is 3. The molecule has 1 fully saturated rings. The SMILES string of the molecule is CCNC(=NCC1(c2cccs2)CCCCC1)NCCCCn1cnnc1.I. The Morgan fingerprint density at radius 1 is 1.18 bits per heavy atom. The van der Waals surface area contributed by atoms with Gasteiger partial charge in [0.05, 0.1) is 6.54 Å². The number of rotatable bonds is 9. The second kappa shape index (κ2) is 12.4. The Morgan fingerprint density at radius 3 is 2.64 bits per heavy atom. The van der Waals surface area contributed by atoms with Crippen molar-refractivity contribution in [2.75, 3.05) is 19.6 Å². The molecule has 0 saturated heterocycles. The van der Waals surface area contributed by atoms with Gasteiger partial charge in [0.15, 0.2) is 5.96 Å². The Balaban J connectivity index is 0.00000280. The Hall–Kier alpha value is -1.16. The molecular formula is C20H33IN6S. The Morgan fingerprint density at radius 2 is 1.96 bits per heavy atom. The largest absolute Gasteiger partial charge is 0.357 e. The highest BCUT2D eigenvalue weighted by molar-refractivity contribution is 14.0. The van der Waals surface area contributed by atoms with E-state index in [1.165, 1.54) is 37.0 Å². The molecule has 0 bridgehead atoms. The van der Waals surface area contributed by atoms with E-state index < -0.39 is 0 Å². The monoisotopic (exact) mass is 516 g/mol. The number of aliphatic imine (C=N–C) groups is 1. The van der Waals surface area contributed by atoms with E-state index in [1.807, 2.05) is 15.9 Å². The third-order valence-corrected chi connectivity index (χ3v) is 6.46. The molecule has 0 spiro atoms. The maximum absolute atomic E-state index is 4.99. The van der Waals surface area contributed by atoms with Gasteiger partial charge in [0.2, 0.25) is 0 Å². The first-order chi connectivity index (χ1) is 13.3. The van der Waals surface area contributed by atoms with Gasteiger partial charge in [-0.05, 0) is 44.1 Å². The second-order valence-electron chi connectivity index (χ2n) is 7.35. The third kappa shape index (κ3) is 6.72. The maximum atomic E-state index is 4.99. The summed E-state index contributed by atoms with van der Waals surface area (Å²) in [5.74, 6) is 0.948. The van der Waals surface area contributed by atoms with Gasteiger partial charge in [-0.1, -0.05) is 25.3 Å². The van der Waals surface area contributed by atoms with Crippen molar-refractivity contribution in [1.29, 1.82) is 0 Å². The lowest BCUT2D eigenvalue weighted by Gasteiger charge is -2.35. The lowest BCUT2D eigenvalue weighted by molar-refractivity contribution is 0.306. The predicted molar refractivity (Wildman–Crippen MR) is 128 cm³/mol. The highest BCUT2D eigenvalue weighted by atomic mass is 127. The van der Waals surface area contributed by atoms with E-state index >= 15 is 0 Å². The van der Waals surface area contributed by atoms with Gasteiger partial charge in [-0.25, -0.2) is 0 Å². The predicted octanol–water partition coefficient (Wildman–Crippen LogP) is 4.20. The number of hydrogen-bond acceptors (Lipinski definition) is 4. The lowest BCUT2D eigenvalue weighted by atomic mass is 9.73. The van der Waals surface area contributed by atoms with Gasteiger partial charge in [0.1, 0.15) is 12.7 Å². The molecule has 0 aliphatic heterocycles. The zero-order valence-corrected chi connectivity index (χ0v) is 19.9. The van der Waals surface area contributed by atoms with Crippen LogP contribution in [0.15, 0.2) is 35.2 Å². The van der Waals surface area contributed by atoms with Crippen molar-refractivity contribution in [2.45, 2.75) is 63.8 Å². The van der Waals surface area contributed by atoms with Crippen LogP contribution in [0.2, 0.25) is 0 Å². The molecule has 28 heavy (non-hydrogen) atoms. The van der Waals surface area contributed by atoms with Gasteiger partial charge in [-0.3, -0.25) is 4.99 Å². The van der Waals surface area contributed by atoms with Crippen molar-refractivity contribution in [3.8, 4) is 0 Å². The van der Waals surface area contributed by atoms with E-state index in [0.29, 0.717) is 0 Å². The van der Waals surface area contributed by atoms with E-state index in [4.69, 9.17) is 4.99 Å². The molecule has 8 heteroatoms. The smallest absolute Gasteiger partial charge is 0.191 e. The molecule has 6 nitrogen and oxygen atoms in total. The normalized spacial score (nSPS) is 16.4. The summed E-state index contributed by atoms with van der Waals surface area (Å²) in [5, 5.41) is 16.8. The molecule has 2 aromatic rings. The molecule has 2 heterocycles. The quantitative estimate of drug-likeness (QED) is 0.227. The minimum Gasteiger partial charge on any atom is -0.357 e. The van der Waals surface area contributed by atoms with Crippen LogP contribution in [0.5, 0.6) is 0 Å². The minimum atomic E-state index is 0. The first-order valence-corrected chi connectivity index (χ1v) is 11.1. The van der Waals surface area contributed by atoms with Crippen LogP contribution in [-0.2, 0) is 12.0 Å². The molecule has 156 valence electrons. The molecule has 2 N–H and O–H groups in total. The lowest BCUT2D eigenvalue weighted by Crippen LogP contribution is -2.40. The van der Waals surface area contributed by atoms with Crippen LogP contribution in [0.25, 0.3) is 0 Å². The summed E-state index contributed by atoms with van der Waals surface area (Å²) in [7, 11) is 0. The molecule has 0 radical (unpaired) electrons. The summed E-state index contributed by atoms with van der Waals surface area (Å²) in [6.45, 7) is 5.78. The van der Waals surface area contributed by atoms with Crippen LogP contribution in [0.1, 0.15) is 56.7 Å². The number of unbranched alkanes of at least 4 members (excludes halogenated alkanes) is 1. The number of halogens is 1. The molecule has 1 aliphatic carbocycles. The van der Waals surface area contributed by atoms with Crippen molar-refractivity contribution in [2.24, 2.45) is 4.99 Å². The van der Waals surface area contributed by atoms with Gasteiger partial charge in [0, 0.05) is 29.9 Å². The Labute approximate surface area is 189 Å². The average molecular weight is 516 g/mol. The van der Waals surface area contributed by atoms with Crippen molar-refractivity contribution < 1.29 is 0 Å². The molecule has 2 aromatic heterocycles. The summed E-state index contributed by atoms with van der Waals surface area (Å²) >= 11 is 1.89. The first kappa shape index (κ1) is 23.1. The fourth-order valence-electron chi connectivity index (χ4n) is 3.83.